The highest BCUT2D eigenvalue weighted by molar-refractivity contribution is 5.89. The summed E-state index contributed by atoms with van der Waals surface area (Å²) in [5, 5.41) is 10.2. The summed E-state index contributed by atoms with van der Waals surface area (Å²) in [6.45, 7) is 2.85. The maximum Gasteiger partial charge on any atom is 0.338 e. The van der Waals surface area contributed by atoms with Gasteiger partial charge in [-0.25, -0.2) is 4.79 Å². The highest BCUT2D eigenvalue weighted by Gasteiger charge is 2.24. The Hall–Kier alpha value is -1.39. The molecule has 0 spiro atoms. The van der Waals surface area contributed by atoms with E-state index in [1.54, 1.807) is 31.2 Å². The van der Waals surface area contributed by atoms with Gasteiger partial charge in [0.05, 0.1) is 18.3 Å². The van der Waals surface area contributed by atoms with Gasteiger partial charge in [-0.1, -0.05) is 12.1 Å². The van der Waals surface area contributed by atoms with Crippen LogP contribution in [0.2, 0.25) is 0 Å². The van der Waals surface area contributed by atoms with Crippen LogP contribution in [0.25, 0.3) is 0 Å². The molecule has 2 atom stereocenters. The Balaban J connectivity index is 2.02. The van der Waals surface area contributed by atoms with Gasteiger partial charge < -0.3 is 14.6 Å². The molecule has 4 nitrogen and oxygen atoms in total. The summed E-state index contributed by atoms with van der Waals surface area (Å²) in [5.41, 5.74) is 1.28. The molecule has 104 valence electrons. The standard InChI is InChI=1S/C15H20O4/c1-2-18-15(17)12-8-6-11(7-9-12)14(16)13-5-3-4-10-19-13/h6-9,13-14,16H,2-5,10H2,1H3. The first-order valence-corrected chi connectivity index (χ1v) is 6.79. The second-order valence-electron chi connectivity index (χ2n) is 4.69. The molecule has 0 aliphatic carbocycles. The van der Waals surface area contributed by atoms with E-state index in [2.05, 4.69) is 0 Å². The second-order valence-corrected chi connectivity index (χ2v) is 4.69. The molecule has 0 radical (unpaired) electrons. The summed E-state index contributed by atoms with van der Waals surface area (Å²) in [7, 11) is 0. The first-order chi connectivity index (χ1) is 9.22. The largest absolute Gasteiger partial charge is 0.462 e. The Bertz CT molecular complexity index is 407. The first-order valence-electron chi connectivity index (χ1n) is 6.79. The van der Waals surface area contributed by atoms with Gasteiger partial charge in [-0.2, -0.15) is 0 Å². The quantitative estimate of drug-likeness (QED) is 0.849. The SMILES string of the molecule is CCOC(=O)c1ccc(C(O)C2CCCCO2)cc1. The molecule has 1 aromatic carbocycles. The van der Waals surface area contributed by atoms with Crippen molar-refractivity contribution in [2.75, 3.05) is 13.2 Å². The number of ether oxygens (including phenoxy) is 2. The van der Waals surface area contributed by atoms with Gasteiger partial charge in [-0.15, -0.1) is 0 Å². The molecule has 1 aliphatic heterocycles. The highest BCUT2D eigenvalue weighted by Crippen LogP contribution is 2.26. The van der Waals surface area contributed by atoms with Gasteiger partial charge in [0.15, 0.2) is 0 Å². The second kappa shape index (κ2) is 6.68. The minimum absolute atomic E-state index is 0.137. The number of hydrogen-bond donors (Lipinski definition) is 1. The van der Waals surface area contributed by atoms with Crippen molar-refractivity contribution in [3.05, 3.63) is 35.4 Å². The maximum absolute atomic E-state index is 11.5. The van der Waals surface area contributed by atoms with Crippen LogP contribution in [0, 0.1) is 0 Å². The lowest BCUT2D eigenvalue weighted by Gasteiger charge is -2.27. The highest BCUT2D eigenvalue weighted by atomic mass is 16.5. The van der Waals surface area contributed by atoms with Crippen molar-refractivity contribution < 1.29 is 19.4 Å². The average molecular weight is 264 g/mol. The molecule has 2 rings (SSSR count). The predicted octanol–water partition coefficient (Wildman–Crippen LogP) is 2.47. The van der Waals surface area contributed by atoms with E-state index in [0.717, 1.165) is 24.8 Å². The first kappa shape index (κ1) is 14.0. The summed E-state index contributed by atoms with van der Waals surface area (Å²) in [5.74, 6) is -0.336. The van der Waals surface area contributed by atoms with Crippen molar-refractivity contribution in [1.29, 1.82) is 0 Å². The van der Waals surface area contributed by atoms with Gasteiger partial charge in [0.1, 0.15) is 6.10 Å². The van der Waals surface area contributed by atoms with Crippen LogP contribution >= 0.6 is 0 Å². The Morgan fingerprint density at radius 3 is 2.74 bits per heavy atom. The Kier molecular flexibility index (Phi) is 4.93. The minimum atomic E-state index is -0.628. The zero-order chi connectivity index (χ0) is 13.7. The van der Waals surface area contributed by atoms with E-state index in [1.165, 1.54) is 0 Å². The zero-order valence-electron chi connectivity index (χ0n) is 11.2. The van der Waals surface area contributed by atoms with Crippen molar-refractivity contribution in [3.8, 4) is 0 Å². The maximum atomic E-state index is 11.5. The summed E-state index contributed by atoms with van der Waals surface area (Å²) in [4.78, 5) is 11.5. The van der Waals surface area contributed by atoms with Crippen molar-refractivity contribution in [1.82, 2.24) is 0 Å². The van der Waals surface area contributed by atoms with Crippen LogP contribution in [0.3, 0.4) is 0 Å². The molecule has 1 aromatic rings. The fourth-order valence-electron chi connectivity index (χ4n) is 2.26. The van der Waals surface area contributed by atoms with Crippen LogP contribution in [0.5, 0.6) is 0 Å². The molecule has 0 aromatic heterocycles. The summed E-state index contributed by atoms with van der Waals surface area (Å²) < 4.78 is 10.5. The predicted molar refractivity (Wildman–Crippen MR) is 70.9 cm³/mol. The smallest absolute Gasteiger partial charge is 0.338 e. The number of hydrogen-bond acceptors (Lipinski definition) is 4. The third-order valence-corrected chi connectivity index (χ3v) is 3.33. The number of aliphatic hydroxyl groups excluding tert-OH is 1. The lowest BCUT2D eigenvalue weighted by atomic mass is 9.97. The van der Waals surface area contributed by atoms with Crippen LogP contribution in [0.4, 0.5) is 0 Å². The molecular formula is C15H20O4. The molecule has 1 heterocycles. The Morgan fingerprint density at radius 2 is 2.16 bits per heavy atom. The number of rotatable bonds is 4. The molecule has 1 aliphatic rings. The third kappa shape index (κ3) is 3.55. The Morgan fingerprint density at radius 1 is 1.42 bits per heavy atom. The molecule has 19 heavy (non-hydrogen) atoms. The number of carbonyl (C=O) groups excluding carboxylic acids is 1. The van der Waals surface area contributed by atoms with Crippen molar-refractivity contribution >= 4 is 5.97 Å². The molecule has 0 bridgehead atoms. The van der Waals surface area contributed by atoms with Gasteiger partial charge in [0.25, 0.3) is 0 Å². The summed E-state index contributed by atoms with van der Waals surface area (Å²) in [6, 6.07) is 6.88. The topological polar surface area (TPSA) is 55.8 Å². The van der Waals surface area contributed by atoms with E-state index < -0.39 is 6.10 Å². The monoisotopic (exact) mass is 264 g/mol. The lowest BCUT2D eigenvalue weighted by Crippen LogP contribution is -2.26. The van der Waals surface area contributed by atoms with Crippen molar-refractivity contribution in [2.24, 2.45) is 0 Å². The normalized spacial score (nSPS) is 20.8. The van der Waals surface area contributed by atoms with E-state index in [1.807, 2.05) is 0 Å². The van der Waals surface area contributed by atoms with Crippen LogP contribution in [-0.4, -0.2) is 30.4 Å². The molecular weight excluding hydrogens is 244 g/mol. The van der Waals surface area contributed by atoms with Crippen molar-refractivity contribution in [2.45, 2.75) is 38.4 Å². The van der Waals surface area contributed by atoms with Crippen molar-refractivity contribution in [3.63, 3.8) is 0 Å². The van der Waals surface area contributed by atoms with Gasteiger partial charge in [-0.05, 0) is 43.9 Å². The minimum Gasteiger partial charge on any atom is -0.462 e. The molecule has 2 unspecified atom stereocenters. The van der Waals surface area contributed by atoms with Gasteiger partial charge in [-0.3, -0.25) is 0 Å². The average Bonchev–Trinajstić information content (AvgIpc) is 2.48. The van der Waals surface area contributed by atoms with E-state index in [9.17, 15) is 9.90 Å². The number of carbonyl (C=O) groups is 1. The third-order valence-electron chi connectivity index (χ3n) is 3.33. The summed E-state index contributed by atoms with van der Waals surface area (Å²) in [6.07, 6.45) is 2.26. The molecule has 0 saturated carbocycles. The van der Waals surface area contributed by atoms with Crippen LogP contribution in [0.1, 0.15) is 48.2 Å². The zero-order valence-corrected chi connectivity index (χ0v) is 11.2. The Labute approximate surface area is 113 Å². The molecule has 1 saturated heterocycles. The van der Waals surface area contributed by atoms with Crippen LogP contribution < -0.4 is 0 Å². The molecule has 4 heteroatoms. The van der Waals surface area contributed by atoms with E-state index in [0.29, 0.717) is 18.8 Å². The van der Waals surface area contributed by atoms with E-state index in [-0.39, 0.29) is 12.1 Å². The number of benzene rings is 1. The van der Waals surface area contributed by atoms with E-state index >= 15 is 0 Å². The number of aliphatic hydroxyl groups is 1. The van der Waals surface area contributed by atoms with E-state index in [4.69, 9.17) is 9.47 Å². The van der Waals surface area contributed by atoms with Gasteiger partial charge in [0.2, 0.25) is 0 Å². The molecule has 1 fully saturated rings. The molecule has 0 amide bonds. The van der Waals surface area contributed by atoms with Gasteiger partial charge >= 0.3 is 5.97 Å². The van der Waals surface area contributed by atoms with Crippen LogP contribution in [-0.2, 0) is 9.47 Å². The fraction of sp³-hybridized carbons (Fsp3) is 0.533. The number of esters is 1. The molecule has 1 N–H and O–H groups in total. The van der Waals surface area contributed by atoms with Gasteiger partial charge in [0, 0.05) is 6.61 Å². The lowest BCUT2D eigenvalue weighted by molar-refractivity contribution is -0.0633. The summed E-state index contributed by atoms with van der Waals surface area (Å²) >= 11 is 0. The van der Waals surface area contributed by atoms with Crippen LogP contribution in [0.15, 0.2) is 24.3 Å². The fourth-order valence-corrected chi connectivity index (χ4v) is 2.26.